The number of nitrogens with zero attached hydrogens (tertiary/aromatic N) is 2. The molecule has 0 radical (unpaired) electrons. The van der Waals surface area contributed by atoms with E-state index < -0.39 is 0 Å². The van der Waals surface area contributed by atoms with Gasteiger partial charge in [-0.25, -0.2) is 0 Å². The van der Waals surface area contributed by atoms with E-state index in [0.29, 0.717) is 10.4 Å². The summed E-state index contributed by atoms with van der Waals surface area (Å²) in [7, 11) is 1.35. The lowest BCUT2D eigenvalue weighted by atomic mass is 10.1. The van der Waals surface area contributed by atoms with Gasteiger partial charge in [0.1, 0.15) is 6.54 Å². The lowest BCUT2D eigenvalue weighted by molar-refractivity contribution is -0.141. The predicted molar refractivity (Wildman–Crippen MR) is 109 cm³/mol. The number of ether oxygens (including phenoxy) is 1. The molecule has 0 fully saturated rings. The van der Waals surface area contributed by atoms with Crippen LogP contribution in [0.2, 0.25) is 0 Å². The minimum absolute atomic E-state index is 0.00960. The molecule has 0 spiro atoms. The van der Waals surface area contributed by atoms with Crippen molar-refractivity contribution in [2.75, 3.05) is 13.4 Å². The third-order valence-electron chi connectivity index (χ3n) is 4.16. The first-order valence-corrected chi connectivity index (χ1v) is 10.4. The first-order valence-electron chi connectivity index (χ1n) is 8.34. The molecule has 5 nitrogen and oxygen atoms in total. The summed E-state index contributed by atoms with van der Waals surface area (Å²) in [5, 5.41) is 0. The van der Waals surface area contributed by atoms with Crippen molar-refractivity contribution in [3.8, 4) is 0 Å². The predicted octanol–water partition coefficient (Wildman–Crippen LogP) is 3.96. The molecule has 0 saturated heterocycles. The van der Waals surface area contributed by atoms with E-state index in [1.165, 1.54) is 30.2 Å². The van der Waals surface area contributed by atoms with E-state index in [-0.39, 0.29) is 18.4 Å². The number of hydrogen-bond donors (Lipinski definition) is 0. The number of methoxy groups -OCH3 is 1. The summed E-state index contributed by atoms with van der Waals surface area (Å²) in [6, 6.07) is 11.5. The van der Waals surface area contributed by atoms with Crippen LogP contribution in [0.25, 0.3) is 10.2 Å². The molecule has 0 atom stereocenters. The number of carbonyl (C=O) groups is 2. The average Bonchev–Trinajstić information content (AvgIpc) is 2.99. The maximum Gasteiger partial charge on any atom is 0.325 e. The molecule has 0 aliphatic carbocycles. The SMILES string of the molecule is COC(=O)Cn1c(=NC(=O)c2ccccc2SC)sc2c(C)cc(C)cc21. The van der Waals surface area contributed by atoms with Crippen LogP contribution in [0.15, 0.2) is 46.3 Å². The molecule has 3 aromatic rings. The number of thioether (sulfide) groups is 1. The van der Waals surface area contributed by atoms with E-state index in [0.717, 1.165) is 26.2 Å². The van der Waals surface area contributed by atoms with Gasteiger partial charge >= 0.3 is 5.97 Å². The minimum atomic E-state index is -0.382. The number of aryl methyl sites for hydroxylation is 2. The zero-order valence-corrected chi connectivity index (χ0v) is 17.2. The van der Waals surface area contributed by atoms with Gasteiger partial charge < -0.3 is 9.30 Å². The quantitative estimate of drug-likeness (QED) is 0.491. The van der Waals surface area contributed by atoms with Crippen LogP contribution in [0.1, 0.15) is 21.5 Å². The molecule has 0 saturated carbocycles. The Labute approximate surface area is 165 Å². The molecular formula is C20H20N2O3S2. The first kappa shape index (κ1) is 19.4. The Morgan fingerprint density at radius 2 is 1.96 bits per heavy atom. The van der Waals surface area contributed by atoms with Gasteiger partial charge in [0.05, 0.1) is 22.9 Å². The molecule has 3 rings (SSSR count). The van der Waals surface area contributed by atoms with Gasteiger partial charge in [-0.1, -0.05) is 29.5 Å². The lowest BCUT2D eigenvalue weighted by Crippen LogP contribution is -2.22. The molecule has 2 aromatic carbocycles. The first-order chi connectivity index (χ1) is 12.9. The van der Waals surface area contributed by atoms with E-state index >= 15 is 0 Å². The molecule has 1 aromatic heterocycles. The van der Waals surface area contributed by atoms with E-state index in [1.807, 2.05) is 44.4 Å². The van der Waals surface area contributed by atoms with Gasteiger partial charge in [0.2, 0.25) is 0 Å². The zero-order valence-electron chi connectivity index (χ0n) is 15.6. The number of thiazole rings is 1. The Kier molecular flexibility index (Phi) is 5.82. The van der Waals surface area contributed by atoms with Crippen LogP contribution in [-0.4, -0.2) is 29.8 Å². The van der Waals surface area contributed by atoms with Crippen molar-refractivity contribution < 1.29 is 14.3 Å². The molecule has 0 N–H and O–H groups in total. The highest BCUT2D eigenvalue weighted by Gasteiger charge is 2.15. The summed E-state index contributed by atoms with van der Waals surface area (Å²) in [4.78, 5) is 30.5. The average molecular weight is 401 g/mol. The molecule has 0 aliphatic rings. The fraction of sp³-hybridized carbons (Fsp3) is 0.250. The van der Waals surface area contributed by atoms with Crippen LogP contribution in [0.3, 0.4) is 0 Å². The monoisotopic (exact) mass is 400 g/mol. The molecule has 140 valence electrons. The van der Waals surface area contributed by atoms with Gasteiger partial charge in [0.15, 0.2) is 4.80 Å². The smallest absolute Gasteiger partial charge is 0.325 e. The zero-order chi connectivity index (χ0) is 19.6. The van der Waals surface area contributed by atoms with Crippen LogP contribution >= 0.6 is 23.1 Å². The summed E-state index contributed by atoms with van der Waals surface area (Å²) >= 11 is 2.91. The Bertz CT molecular complexity index is 1100. The fourth-order valence-corrected chi connectivity index (χ4v) is 4.58. The van der Waals surface area contributed by atoms with Crippen molar-refractivity contribution in [3.63, 3.8) is 0 Å². The van der Waals surface area contributed by atoms with Crippen molar-refractivity contribution >= 4 is 45.2 Å². The highest BCUT2D eigenvalue weighted by atomic mass is 32.2. The Morgan fingerprint density at radius 3 is 2.67 bits per heavy atom. The van der Waals surface area contributed by atoms with Crippen molar-refractivity contribution in [2.45, 2.75) is 25.3 Å². The second kappa shape index (κ2) is 8.10. The third kappa shape index (κ3) is 3.99. The van der Waals surface area contributed by atoms with Crippen molar-refractivity contribution in [1.29, 1.82) is 0 Å². The third-order valence-corrected chi connectivity index (χ3v) is 6.19. The summed E-state index contributed by atoms with van der Waals surface area (Å²) < 4.78 is 7.59. The van der Waals surface area contributed by atoms with Crippen LogP contribution < -0.4 is 4.80 Å². The highest BCUT2D eigenvalue weighted by Crippen LogP contribution is 2.24. The van der Waals surface area contributed by atoms with Crippen LogP contribution in [0.4, 0.5) is 0 Å². The summed E-state index contributed by atoms with van der Waals surface area (Å²) in [5.41, 5.74) is 3.61. The highest BCUT2D eigenvalue weighted by molar-refractivity contribution is 7.98. The number of fused-ring (bicyclic) bond motifs is 1. The minimum Gasteiger partial charge on any atom is -0.468 e. The molecular weight excluding hydrogens is 380 g/mol. The molecule has 0 aliphatic heterocycles. The number of benzene rings is 2. The Morgan fingerprint density at radius 1 is 1.22 bits per heavy atom. The number of hydrogen-bond acceptors (Lipinski definition) is 5. The molecule has 27 heavy (non-hydrogen) atoms. The van der Waals surface area contributed by atoms with E-state index in [2.05, 4.69) is 11.1 Å². The Balaban J connectivity index is 2.21. The van der Waals surface area contributed by atoms with Crippen molar-refractivity contribution in [1.82, 2.24) is 4.57 Å². The number of rotatable bonds is 4. The Hall–Kier alpha value is -2.38. The fourth-order valence-electron chi connectivity index (χ4n) is 2.91. The van der Waals surface area contributed by atoms with Crippen molar-refractivity contribution in [2.24, 2.45) is 4.99 Å². The van der Waals surface area contributed by atoms with Crippen LogP contribution in [0.5, 0.6) is 0 Å². The summed E-state index contributed by atoms with van der Waals surface area (Å²) in [5.74, 6) is -0.702. The van der Waals surface area contributed by atoms with Gasteiger partial charge in [0, 0.05) is 4.90 Å². The molecule has 7 heteroatoms. The van der Waals surface area contributed by atoms with E-state index in [1.54, 1.807) is 10.6 Å². The molecule has 1 amide bonds. The topological polar surface area (TPSA) is 60.7 Å². The number of amides is 1. The summed E-state index contributed by atoms with van der Waals surface area (Å²) in [6.45, 7) is 4.03. The lowest BCUT2D eigenvalue weighted by Gasteiger charge is -2.06. The maximum atomic E-state index is 12.8. The largest absolute Gasteiger partial charge is 0.468 e. The van der Waals surface area contributed by atoms with Gasteiger partial charge in [0.25, 0.3) is 5.91 Å². The van der Waals surface area contributed by atoms with Crippen molar-refractivity contribution in [3.05, 3.63) is 57.9 Å². The second-order valence-electron chi connectivity index (χ2n) is 6.09. The van der Waals surface area contributed by atoms with E-state index in [4.69, 9.17) is 4.74 Å². The van der Waals surface area contributed by atoms with Crippen LogP contribution in [0, 0.1) is 13.8 Å². The van der Waals surface area contributed by atoms with E-state index in [9.17, 15) is 9.59 Å². The van der Waals surface area contributed by atoms with Gasteiger partial charge in [-0.05, 0) is 49.4 Å². The number of carbonyl (C=O) groups excluding carboxylic acids is 2. The van der Waals surface area contributed by atoms with Crippen LogP contribution in [-0.2, 0) is 16.1 Å². The molecule has 0 bridgehead atoms. The number of aromatic nitrogens is 1. The normalized spacial score (nSPS) is 11.8. The van der Waals surface area contributed by atoms with Gasteiger partial charge in [-0.15, -0.1) is 11.8 Å². The molecule has 0 unspecified atom stereocenters. The standard InChI is InChI=1S/C20H20N2O3S2/c1-12-9-13(2)18-15(10-12)22(11-17(23)25-3)20(27-18)21-19(24)14-7-5-6-8-16(14)26-4/h5-10H,11H2,1-4H3. The summed E-state index contributed by atoms with van der Waals surface area (Å²) in [6.07, 6.45) is 1.93. The maximum absolute atomic E-state index is 12.8. The molecule has 1 heterocycles. The second-order valence-corrected chi connectivity index (χ2v) is 7.92. The number of esters is 1. The van der Waals surface area contributed by atoms with Gasteiger partial charge in [-0.3, -0.25) is 9.59 Å². The van der Waals surface area contributed by atoms with Gasteiger partial charge in [-0.2, -0.15) is 4.99 Å².